The lowest BCUT2D eigenvalue weighted by molar-refractivity contribution is -0.141. The molecule has 1 aliphatic heterocycles. The van der Waals surface area contributed by atoms with E-state index in [9.17, 15) is 34.7 Å². The first kappa shape index (κ1) is 29.0. The number of ether oxygens (including phenoxy) is 2. The highest BCUT2D eigenvalue weighted by molar-refractivity contribution is 7.52. The molecule has 4 rings (SSSR count). The Morgan fingerprint density at radius 1 is 1.25 bits per heavy atom. The number of esters is 1. The van der Waals surface area contributed by atoms with Gasteiger partial charge in [-0.1, -0.05) is 41.5 Å². The molecule has 4 N–H and O–H groups in total. The number of hydrogen-bond donors (Lipinski definition) is 4. The van der Waals surface area contributed by atoms with Crippen molar-refractivity contribution in [1.82, 2.24) is 14.6 Å². The van der Waals surface area contributed by atoms with E-state index in [1.54, 1.807) is 43.3 Å². The minimum Gasteiger partial charge on any atom is -0.465 e. The summed E-state index contributed by atoms with van der Waals surface area (Å²) in [6.45, 7) is 0.0609. The summed E-state index contributed by atoms with van der Waals surface area (Å²) in [6.07, 6.45) is -4.49. The van der Waals surface area contributed by atoms with Gasteiger partial charge in [0.2, 0.25) is 5.72 Å². The van der Waals surface area contributed by atoms with Gasteiger partial charge in [0.05, 0.1) is 13.2 Å². The van der Waals surface area contributed by atoms with Gasteiger partial charge in [-0.25, -0.2) is 14.4 Å². The van der Waals surface area contributed by atoms with Crippen molar-refractivity contribution >= 4 is 24.5 Å². The van der Waals surface area contributed by atoms with Crippen molar-refractivity contribution in [3.05, 3.63) is 86.0 Å². The molecule has 5 atom stereocenters. The van der Waals surface area contributed by atoms with E-state index in [1.807, 2.05) is 4.98 Å². The van der Waals surface area contributed by atoms with E-state index < -0.39 is 62.3 Å². The Kier molecular flexibility index (Phi) is 8.71. The molecule has 2 aromatic carbocycles. The quantitative estimate of drug-likeness (QED) is 0.0836. The number of hydrogen-bond acceptors (Lipinski definition) is 11. The van der Waals surface area contributed by atoms with Crippen molar-refractivity contribution < 1.29 is 38.1 Å². The summed E-state index contributed by atoms with van der Waals surface area (Å²) in [4.78, 5) is 40.3. The van der Waals surface area contributed by atoms with Crippen molar-refractivity contribution in [2.45, 2.75) is 31.1 Å². The van der Waals surface area contributed by atoms with Crippen LogP contribution in [0.3, 0.4) is 0 Å². The molecular formula is C23H25N6O10P. The smallest absolute Gasteiger partial charge is 0.459 e. The van der Waals surface area contributed by atoms with Crippen LogP contribution < -0.4 is 20.9 Å². The maximum absolute atomic E-state index is 13.9. The third-order valence-electron chi connectivity index (χ3n) is 5.87. The highest BCUT2D eigenvalue weighted by atomic mass is 31.2. The van der Waals surface area contributed by atoms with Crippen LogP contribution in [0, 0.1) is 0 Å². The number of fused-ring (bicyclic) bond motifs is 1. The molecule has 40 heavy (non-hydrogen) atoms. The molecule has 0 spiro atoms. The Balaban J connectivity index is 1.65. The molecule has 0 radical (unpaired) electrons. The van der Waals surface area contributed by atoms with Crippen molar-refractivity contribution in [2.75, 3.05) is 19.8 Å². The van der Waals surface area contributed by atoms with E-state index in [-0.39, 0.29) is 12.4 Å². The second-order valence-corrected chi connectivity index (χ2v) is 10.2. The first-order chi connectivity index (χ1) is 19.1. The fourth-order valence-corrected chi connectivity index (χ4v) is 5.29. The zero-order valence-electron chi connectivity index (χ0n) is 20.9. The molecule has 1 unspecified atom stereocenters. The highest BCUT2D eigenvalue weighted by Crippen LogP contribution is 2.48. The van der Waals surface area contributed by atoms with E-state index in [0.717, 1.165) is 22.2 Å². The number of benzene rings is 2. The Morgan fingerprint density at radius 2 is 2.00 bits per heavy atom. The van der Waals surface area contributed by atoms with Crippen LogP contribution in [0.4, 0.5) is 0 Å². The van der Waals surface area contributed by atoms with Gasteiger partial charge in [0, 0.05) is 22.6 Å². The number of nitrogens with zero attached hydrogens (tertiary/aromatic N) is 4. The molecular weight excluding hydrogens is 551 g/mol. The Hall–Kier alpha value is -4.01. The van der Waals surface area contributed by atoms with Crippen molar-refractivity contribution in [2.24, 2.45) is 5.11 Å². The number of aliphatic hydroxyl groups is 2. The van der Waals surface area contributed by atoms with E-state index in [4.69, 9.17) is 18.5 Å². The number of aromatic nitrogens is 2. The Morgan fingerprint density at radius 3 is 2.73 bits per heavy atom. The van der Waals surface area contributed by atoms with Crippen molar-refractivity contribution in [1.29, 1.82) is 0 Å². The van der Waals surface area contributed by atoms with Gasteiger partial charge in [-0.15, -0.1) is 0 Å². The fraction of sp³-hybridized carbons (Fsp3) is 0.348. The van der Waals surface area contributed by atoms with Crippen LogP contribution in [0.2, 0.25) is 0 Å². The molecule has 212 valence electrons. The average molecular weight is 576 g/mol. The number of azide groups is 1. The topological polar surface area (TPSA) is 227 Å². The molecule has 0 amide bonds. The molecule has 1 fully saturated rings. The number of aromatic amines is 1. The maximum Gasteiger partial charge on any atom is 0.459 e. The molecule has 0 bridgehead atoms. The van der Waals surface area contributed by atoms with Gasteiger partial charge >= 0.3 is 19.4 Å². The van der Waals surface area contributed by atoms with E-state index >= 15 is 0 Å². The Labute approximate surface area is 225 Å². The van der Waals surface area contributed by atoms with Crippen LogP contribution in [0.1, 0.15) is 13.2 Å². The van der Waals surface area contributed by atoms with Gasteiger partial charge in [-0.2, -0.15) is 0 Å². The summed E-state index contributed by atoms with van der Waals surface area (Å²) < 4.78 is 36.3. The SMILES string of the molecule is CCOC(=O)CNP(=O)(OC[C@@]1(N=[N+]=[N-])O[C@@H](n2ccc(=O)[nH]c2=O)[C@H](O)[C@@H]1O)Oc1cccc2ccccc12. The van der Waals surface area contributed by atoms with Crippen LogP contribution in [0.5, 0.6) is 5.75 Å². The summed E-state index contributed by atoms with van der Waals surface area (Å²) in [7, 11) is -4.52. The third kappa shape index (κ3) is 6.08. The second kappa shape index (κ2) is 12.0. The van der Waals surface area contributed by atoms with Gasteiger partial charge in [-0.05, 0) is 23.9 Å². The highest BCUT2D eigenvalue weighted by Gasteiger charge is 2.56. The van der Waals surface area contributed by atoms with Crippen molar-refractivity contribution in [3.8, 4) is 5.75 Å². The van der Waals surface area contributed by atoms with Crippen LogP contribution in [0.15, 0.2) is 69.4 Å². The molecule has 1 aliphatic rings. The molecule has 0 aliphatic carbocycles. The standard InChI is InChI=1S/C23H25N6O10P/c1-2-36-18(31)12-25-40(35,39-16-9-5-7-14-6-3-4-8-15(14)16)37-13-23(27-28-24)20(33)19(32)21(38-23)29-11-10-17(30)26-22(29)34/h3-11,19-21,32-33H,2,12-13H2,1H3,(H,25,35)(H,26,30,34)/t19-,20+,21-,23-,40?/m1/s1. The van der Waals surface area contributed by atoms with Gasteiger partial charge in [0.1, 0.15) is 24.5 Å². The summed E-state index contributed by atoms with van der Waals surface area (Å²) in [6, 6.07) is 12.9. The van der Waals surface area contributed by atoms with E-state index in [0.29, 0.717) is 5.39 Å². The van der Waals surface area contributed by atoms with Crippen LogP contribution >= 0.6 is 7.75 Å². The van der Waals surface area contributed by atoms with Crippen LogP contribution in [-0.4, -0.2) is 63.4 Å². The van der Waals surface area contributed by atoms with Crippen LogP contribution in [0.25, 0.3) is 21.2 Å². The minimum absolute atomic E-state index is 0.0548. The first-order valence-corrected chi connectivity index (χ1v) is 13.4. The van der Waals surface area contributed by atoms with E-state index in [1.165, 1.54) is 6.07 Å². The van der Waals surface area contributed by atoms with Gasteiger partial charge < -0.3 is 24.2 Å². The lowest BCUT2D eigenvalue weighted by Crippen LogP contribution is -2.45. The zero-order valence-corrected chi connectivity index (χ0v) is 21.8. The summed E-state index contributed by atoms with van der Waals surface area (Å²) in [5.41, 5.74) is 5.07. The summed E-state index contributed by atoms with van der Waals surface area (Å²) in [5.74, 6) is -0.663. The van der Waals surface area contributed by atoms with Gasteiger partial charge in [-0.3, -0.25) is 23.7 Å². The number of rotatable bonds is 11. The fourth-order valence-electron chi connectivity index (χ4n) is 3.99. The number of H-pyrrole nitrogens is 1. The molecule has 1 aromatic heterocycles. The summed E-state index contributed by atoms with van der Waals surface area (Å²) in [5, 5.41) is 28.5. The number of nitrogens with one attached hydrogen (secondary N) is 2. The third-order valence-corrected chi connectivity index (χ3v) is 7.33. The monoisotopic (exact) mass is 576 g/mol. The average Bonchev–Trinajstić information content (AvgIpc) is 3.17. The molecule has 16 nitrogen and oxygen atoms in total. The Bertz CT molecular complexity index is 1600. The number of aliphatic hydroxyl groups excluding tert-OH is 2. The number of carbonyl (C=O) groups is 1. The van der Waals surface area contributed by atoms with Gasteiger partial charge in [0.15, 0.2) is 6.23 Å². The molecule has 2 heterocycles. The lowest BCUT2D eigenvalue weighted by atomic mass is 10.1. The molecule has 1 saturated heterocycles. The van der Waals surface area contributed by atoms with Gasteiger partial charge in [0.25, 0.3) is 5.56 Å². The minimum atomic E-state index is -4.52. The molecule has 3 aromatic rings. The first-order valence-electron chi connectivity index (χ1n) is 11.9. The predicted octanol–water partition coefficient (Wildman–Crippen LogP) is 1.30. The van der Waals surface area contributed by atoms with E-state index in [2.05, 4.69) is 15.1 Å². The zero-order chi connectivity index (χ0) is 28.9. The lowest BCUT2D eigenvalue weighted by Gasteiger charge is -2.29. The second-order valence-electron chi connectivity index (χ2n) is 8.47. The maximum atomic E-state index is 13.9. The largest absolute Gasteiger partial charge is 0.465 e. The molecule has 17 heteroatoms. The molecule has 0 saturated carbocycles. The normalized spacial score (nSPS) is 23.7. The summed E-state index contributed by atoms with van der Waals surface area (Å²) >= 11 is 0. The number of carbonyl (C=O) groups excluding carboxylic acids is 1. The van der Waals surface area contributed by atoms with Crippen molar-refractivity contribution in [3.63, 3.8) is 0 Å². The predicted molar refractivity (Wildman–Crippen MR) is 138 cm³/mol. The van der Waals surface area contributed by atoms with Crippen LogP contribution in [-0.2, 0) is 23.4 Å².